The van der Waals surface area contributed by atoms with E-state index in [0.29, 0.717) is 0 Å². The molecule has 2 atom stereocenters. The van der Waals surface area contributed by atoms with Gasteiger partial charge in [0, 0.05) is 38.9 Å². The van der Waals surface area contributed by atoms with E-state index in [1.165, 1.54) is 27.9 Å². The highest BCUT2D eigenvalue weighted by Gasteiger charge is 2.50. The molecule has 0 saturated heterocycles. The van der Waals surface area contributed by atoms with Gasteiger partial charge in [0.1, 0.15) is 5.65 Å². The van der Waals surface area contributed by atoms with E-state index in [1.807, 2.05) is 12.2 Å². The number of benzene rings is 2. The van der Waals surface area contributed by atoms with E-state index in [1.54, 1.807) is 0 Å². The molecular formula is C38H41N3. The lowest BCUT2D eigenvalue weighted by Crippen LogP contribution is -2.43. The van der Waals surface area contributed by atoms with Gasteiger partial charge in [0.25, 0.3) is 0 Å². The van der Waals surface area contributed by atoms with Crippen LogP contribution in [0.4, 0.5) is 0 Å². The molecule has 6 rings (SSSR count). The topological polar surface area (TPSA) is 30.2 Å². The average molecular weight is 540 g/mol. The van der Waals surface area contributed by atoms with Crippen molar-refractivity contribution in [2.45, 2.75) is 77.6 Å². The van der Waals surface area contributed by atoms with Gasteiger partial charge in [0.05, 0.1) is 16.6 Å². The summed E-state index contributed by atoms with van der Waals surface area (Å²) in [6.07, 6.45) is 5.92. The number of fused-ring (bicyclic) bond motifs is 6. The van der Waals surface area contributed by atoms with Crippen LogP contribution < -0.4 is 0 Å². The maximum absolute atomic E-state index is 5.25. The van der Waals surface area contributed by atoms with Crippen molar-refractivity contribution in [3.05, 3.63) is 125 Å². The molecule has 5 aromatic rings. The molecule has 0 aliphatic heterocycles. The molecule has 0 fully saturated rings. The number of rotatable bonds is 4. The molecule has 2 aromatic carbocycles. The highest BCUT2D eigenvalue weighted by Crippen LogP contribution is 2.59. The molecule has 0 amide bonds. The lowest BCUT2D eigenvalue weighted by atomic mass is 9.52. The van der Waals surface area contributed by atoms with Crippen LogP contribution in [-0.4, -0.2) is 14.4 Å². The van der Waals surface area contributed by atoms with Crippen molar-refractivity contribution in [2.24, 2.45) is 0 Å². The lowest BCUT2D eigenvalue weighted by molar-refractivity contribution is 0.427. The van der Waals surface area contributed by atoms with E-state index in [0.717, 1.165) is 38.9 Å². The van der Waals surface area contributed by atoms with Gasteiger partial charge >= 0.3 is 0 Å². The van der Waals surface area contributed by atoms with Crippen LogP contribution in [0.1, 0.15) is 88.0 Å². The molecule has 2 unspecified atom stereocenters. The fourth-order valence-corrected chi connectivity index (χ4v) is 6.72. The highest BCUT2D eigenvalue weighted by atomic mass is 15.0. The molecule has 1 aliphatic rings. The van der Waals surface area contributed by atoms with Gasteiger partial charge in [-0.2, -0.15) is 0 Å². The molecule has 1 aliphatic carbocycles. The lowest BCUT2D eigenvalue weighted by Gasteiger charge is -2.51. The number of hydrogen-bond acceptors (Lipinski definition) is 2. The minimum atomic E-state index is -0.206. The molecular weight excluding hydrogens is 498 g/mol. The van der Waals surface area contributed by atoms with Crippen molar-refractivity contribution in [1.82, 2.24) is 14.4 Å². The Bertz CT molecular complexity index is 1920. The van der Waals surface area contributed by atoms with Gasteiger partial charge < -0.3 is 0 Å². The summed E-state index contributed by atoms with van der Waals surface area (Å²) < 4.78 is 2.38. The third-order valence-corrected chi connectivity index (χ3v) is 9.08. The van der Waals surface area contributed by atoms with Crippen molar-refractivity contribution in [3.63, 3.8) is 0 Å². The Labute approximate surface area is 244 Å². The van der Waals surface area contributed by atoms with E-state index < -0.39 is 0 Å². The molecule has 0 saturated carbocycles. The monoisotopic (exact) mass is 539 g/mol. The van der Waals surface area contributed by atoms with Crippen molar-refractivity contribution >= 4 is 27.6 Å². The van der Waals surface area contributed by atoms with E-state index >= 15 is 0 Å². The predicted molar refractivity (Wildman–Crippen MR) is 174 cm³/mol. The van der Waals surface area contributed by atoms with Crippen molar-refractivity contribution < 1.29 is 0 Å². The molecule has 208 valence electrons. The largest absolute Gasteiger partial charge is 0.295 e. The van der Waals surface area contributed by atoms with Crippen molar-refractivity contribution in [2.75, 3.05) is 0 Å². The Kier molecular flexibility index (Phi) is 5.98. The standard InChI is InChI=1S/C38H41N3/c1-11-12-15-24(3)38(10)28-17-14-13-16-25(28)34(38)27-21-31-30(20-23(27)2)40-35-26-18-19-32(36(4,5)6)39-29(26)22-33(41(31)35)37(7,8)9/h11-22,34H,1,3H2,2,4-10H3/b15-12-. The van der Waals surface area contributed by atoms with E-state index in [2.05, 4.69) is 134 Å². The molecule has 3 aromatic heterocycles. The molecule has 0 spiro atoms. The van der Waals surface area contributed by atoms with Gasteiger partial charge in [-0.25, -0.2) is 4.98 Å². The van der Waals surface area contributed by atoms with Crippen LogP contribution in [0.2, 0.25) is 0 Å². The van der Waals surface area contributed by atoms with E-state index in [-0.39, 0.29) is 22.2 Å². The number of nitrogens with zero attached hydrogens (tertiary/aromatic N) is 3. The molecule has 3 nitrogen and oxygen atoms in total. The first-order valence-electron chi connectivity index (χ1n) is 14.6. The van der Waals surface area contributed by atoms with Crippen LogP contribution in [0.5, 0.6) is 0 Å². The normalized spacial score (nSPS) is 19.2. The fraction of sp³-hybridized carbons (Fsp3) is 0.316. The van der Waals surface area contributed by atoms with Crippen molar-refractivity contribution in [3.8, 4) is 0 Å². The third kappa shape index (κ3) is 4.01. The maximum atomic E-state index is 5.25. The van der Waals surface area contributed by atoms with Crippen LogP contribution in [-0.2, 0) is 16.2 Å². The minimum absolute atomic E-state index is 0.0229. The van der Waals surface area contributed by atoms with Crippen molar-refractivity contribution in [1.29, 1.82) is 0 Å². The second kappa shape index (κ2) is 9.01. The molecule has 0 radical (unpaired) electrons. The molecule has 41 heavy (non-hydrogen) atoms. The van der Waals surface area contributed by atoms with Crippen LogP contribution in [0.3, 0.4) is 0 Å². The molecule has 0 N–H and O–H groups in total. The third-order valence-electron chi connectivity index (χ3n) is 9.08. The SMILES string of the molecule is C=C/C=C\C(=C)C1(C)c2ccccc2C1c1cc2c(cc1C)nc1c3ccc(C(C)(C)C)nc3cc(C(C)(C)C)n21. The number of imidazole rings is 1. The Morgan fingerprint density at radius 3 is 2.32 bits per heavy atom. The summed E-state index contributed by atoms with van der Waals surface area (Å²) in [4.78, 5) is 10.4. The quantitative estimate of drug-likeness (QED) is 0.213. The Morgan fingerprint density at radius 1 is 0.902 bits per heavy atom. The van der Waals surface area contributed by atoms with Crippen LogP contribution in [0.25, 0.3) is 27.6 Å². The van der Waals surface area contributed by atoms with Gasteiger partial charge in [-0.3, -0.25) is 9.38 Å². The predicted octanol–water partition coefficient (Wildman–Crippen LogP) is 9.64. The average Bonchev–Trinajstić information content (AvgIpc) is 3.27. The Balaban J connectivity index is 1.65. The zero-order valence-electron chi connectivity index (χ0n) is 25.8. The number of aryl methyl sites for hydroxylation is 1. The Morgan fingerprint density at radius 2 is 1.63 bits per heavy atom. The summed E-state index contributed by atoms with van der Waals surface area (Å²) in [5, 5.41) is 1.09. The summed E-state index contributed by atoms with van der Waals surface area (Å²) in [6.45, 7) is 26.4. The van der Waals surface area contributed by atoms with Gasteiger partial charge in [-0.15, -0.1) is 0 Å². The summed E-state index contributed by atoms with van der Waals surface area (Å²) in [5.41, 5.74) is 12.5. The number of aromatic nitrogens is 3. The van der Waals surface area contributed by atoms with E-state index in [9.17, 15) is 0 Å². The Hall–Kier alpha value is -3.98. The van der Waals surface area contributed by atoms with Crippen LogP contribution >= 0.6 is 0 Å². The highest BCUT2D eigenvalue weighted by molar-refractivity contribution is 5.97. The smallest absolute Gasteiger partial charge is 0.147 e. The molecule has 3 heterocycles. The second-order valence-corrected chi connectivity index (χ2v) is 14.0. The summed E-state index contributed by atoms with van der Waals surface area (Å²) in [7, 11) is 0. The minimum Gasteiger partial charge on any atom is -0.295 e. The first kappa shape index (κ1) is 27.2. The van der Waals surface area contributed by atoms with Crippen LogP contribution in [0, 0.1) is 6.92 Å². The summed E-state index contributed by atoms with van der Waals surface area (Å²) >= 11 is 0. The van der Waals surface area contributed by atoms with Gasteiger partial charge in [-0.05, 0) is 65.1 Å². The first-order chi connectivity index (χ1) is 19.3. The number of hydrogen-bond donors (Lipinski definition) is 0. The van der Waals surface area contributed by atoms with Crippen LogP contribution in [0.15, 0.2) is 91.6 Å². The van der Waals surface area contributed by atoms with Gasteiger partial charge in [0.15, 0.2) is 0 Å². The second-order valence-electron chi connectivity index (χ2n) is 14.0. The van der Waals surface area contributed by atoms with E-state index in [4.69, 9.17) is 9.97 Å². The molecule has 0 bridgehead atoms. The fourth-order valence-electron chi connectivity index (χ4n) is 6.72. The summed E-state index contributed by atoms with van der Waals surface area (Å²) in [6, 6.07) is 20.1. The number of allylic oxidation sites excluding steroid dienone is 4. The molecule has 3 heteroatoms. The van der Waals surface area contributed by atoms with Gasteiger partial charge in [-0.1, -0.05) is 104 Å². The number of pyridine rings is 2. The van der Waals surface area contributed by atoms with Gasteiger partial charge in [0.2, 0.25) is 0 Å². The maximum Gasteiger partial charge on any atom is 0.147 e. The zero-order chi connectivity index (χ0) is 29.5. The summed E-state index contributed by atoms with van der Waals surface area (Å²) in [5.74, 6) is 0.199. The zero-order valence-corrected chi connectivity index (χ0v) is 25.8. The first-order valence-corrected chi connectivity index (χ1v) is 14.6.